The number of nitrogens with one attached hydrogen (secondary N) is 1. The van der Waals surface area contributed by atoms with Crippen LogP contribution >= 0.6 is 11.3 Å². The summed E-state index contributed by atoms with van der Waals surface area (Å²) >= 11 is 1.56. The molecule has 1 atom stereocenters. The van der Waals surface area contributed by atoms with Gasteiger partial charge in [-0.15, -0.1) is 21.5 Å². The van der Waals surface area contributed by atoms with Crippen LogP contribution in [0.2, 0.25) is 0 Å². The standard InChI is InChI=1S/C20H21N5O3S/c1-14-5-6-17-21-15(10-19(26)25(17)11-14)12-24(7-8-27-2)13-18-22-23-20(28-18)16-4-3-9-29-16/h3-6,9-11H,7-8,12-13H2,1-2H3/p+1. The molecule has 29 heavy (non-hydrogen) atoms. The molecule has 0 saturated heterocycles. The van der Waals surface area contributed by atoms with Crippen LogP contribution in [0.3, 0.4) is 0 Å². The average molecular weight is 412 g/mol. The summed E-state index contributed by atoms with van der Waals surface area (Å²) in [5.41, 5.74) is 2.29. The maximum absolute atomic E-state index is 12.5. The molecule has 1 N–H and O–H groups in total. The predicted octanol–water partition coefficient (Wildman–Crippen LogP) is 1.35. The third-order valence-electron chi connectivity index (χ3n) is 4.55. The maximum atomic E-state index is 12.5. The number of methoxy groups -OCH3 is 1. The molecule has 0 aliphatic rings. The Morgan fingerprint density at radius 3 is 2.93 bits per heavy atom. The molecule has 0 radical (unpaired) electrons. The smallest absolute Gasteiger partial charge is 0.271 e. The number of quaternary nitrogens is 1. The van der Waals surface area contributed by atoms with Crippen molar-refractivity contribution in [3.63, 3.8) is 0 Å². The number of fused-ring (bicyclic) bond motifs is 1. The first-order chi connectivity index (χ1) is 14.1. The lowest BCUT2D eigenvalue weighted by Crippen LogP contribution is -3.10. The fraction of sp³-hybridized carbons (Fsp3) is 0.300. The van der Waals surface area contributed by atoms with Crippen molar-refractivity contribution in [2.24, 2.45) is 0 Å². The Hall–Kier alpha value is -2.88. The first-order valence-electron chi connectivity index (χ1n) is 9.30. The normalized spacial score (nSPS) is 12.5. The molecule has 0 amide bonds. The van der Waals surface area contributed by atoms with E-state index in [-0.39, 0.29) is 5.56 Å². The lowest BCUT2D eigenvalue weighted by atomic mass is 10.3. The number of nitrogens with zero attached hydrogens (tertiary/aromatic N) is 4. The van der Waals surface area contributed by atoms with Crippen molar-refractivity contribution in [2.75, 3.05) is 20.3 Å². The molecular weight excluding hydrogens is 390 g/mol. The molecule has 0 fully saturated rings. The number of aromatic nitrogens is 4. The Morgan fingerprint density at radius 2 is 2.14 bits per heavy atom. The number of hydrogen-bond acceptors (Lipinski definition) is 7. The molecule has 0 aliphatic heterocycles. The highest BCUT2D eigenvalue weighted by Gasteiger charge is 2.18. The quantitative estimate of drug-likeness (QED) is 0.470. The highest BCUT2D eigenvalue weighted by atomic mass is 32.1. The Kier molecular flexibility index (Phi) is 5.79. The molecule has 150 valence electrons. The molecule has 0 aliphatic carbocycles. The van der Waals surface area contributed by atoms with Crippen LogP contribution in [0.4, 0.5) is 0 Å². The summed E-state index contributed by atoms with van der Waals surface area (Å²) in [6, 6.07) is 9.30. The van der Waals surface area contributed by atoms with E-state index in [4.69, 9.17) is 9.15 Å². The average Bonchev–Trinajstić information content (AvgIpc) is 3.38. The summed E-state index contributed by atoms with van der Waals surface area (Å²) in [6.45, 7) is 4.33. The van der Waals surface area contributed by atoms with Gasteiger partial charge in [0.1, 0.15) is 24.4 Å². The molecule has 0 saturated carbocycles. The molecule has 8 nitrogen and oxygen atoms in total. The van der Waals surface area contributed by atoms with Crippen LogP contribution in [0.25, 0.3) is 16.4 Å². The van der Waals surface area contributed by atoms with Crippen molar-refractivity contribution in [1.29, 1.82) is 0 Å². The van der Waals surface area contributed by atoms with Crippen LogP contribution in [0.5, 0.6) is 0 Å². The van der Waals surface area contributed by atoms with E-state index in [2.05, 4.69) is 15.2 Å². The van der Waals surface area contributed by atoms with Gasteiger partial charge in [0.2, 0.25) is 0 Å². The van der Waals surface area contributed by atoms with E-state index in [0.717, 1.165) is 27.6 Å². The number of pyridine rings is 1. The fourth-order valence-electron chi connectivity index (χ4n) is 3.13. The second-order valence-electron chi connectivity index (χ2n) is 6.84. The van der Waals surface area contributed by atoms with E-state index >= 15 is 0 Å². The van der Waals surface area contributed by atoms with Gasteiger partial charge in [-0.25, -0.2) is 4.98 Å². The molecule has 0 spiro atoms. The molecule has 4 rings (SSSR count). The van der Waals surface area contributed by atoms with E-state index in [1.807, 2.05) is 36.6 Å². The number of thiophene rings is 1. The molecule has 4 heterocycles. The van der Waals surface area contributed by atoms with Crippen LogP contribution in [0, 0.1) is 6.92 Å². The van der Waals surface area contributed by atoms with Crippen molar-refractivity contribution in [3.8, 4) is 10.8 Å². The molecule has 1 unspecified atom stereocenters. The van der Waals surface area contributed by atoms with Crippen LogP contribution in [0.15, 0.2) is 51.1 Å². The molecule has 4 aromatic rings. The Balaban J connectivity index is 1.55. The van der Waals surface area contributed by atoms with Gasteiger partial charge in [0, 0.05) is 19.4 Å². The van der Waals surface area contributed by atoms with E-state index in [0.29, 0.717) is 37.1 Å². The second kappa shape index (κ2) is 8.64. The number of hydrogen-bond donors (Lipinski definition) is 1. The highest BCUT2D eigenvalue weighted by Crippen LogP contribution is 2.22. The molecule has 4 aromatic heterocycles. The summed E-state index contributed by atoms with van der Waals surface area (Å²) in [5.74, 6) is 1.08. The maximum Gasteiger partial charge on any atom is 0.271 e. The van der Waals surface area contributed by atoms with Gasteiger partial charge in [-0.05, 0) is 30.0 Å². The predicted molar refractivity (Wildman–Crippen MR) is 109 cm³/mol. The lowest BCUT2D eigenvalue weighted by Gasteiger charge is -2.17. The number of rotatable bonds is 8. The zero-order valence-electron chi connectivity index (χ0n) is 16.3. The van der Waals surface area contributed by atoms with Crippen molar-refractivity contribution < 1.29 is 14.1 Å². The topological polar surface area (TPSA) is 87.0 Å². The molecule has 0 bridgehead atoms. The van der Waals surface area contributed by atoms with Gasteiger partial charge in [0.05, 0.1) is 11.5 Å². The van der Waals surface area contributed by atoms with Crippen molar-refractivity contribution in [3.05, 3.63) is 69.4 Å². The first kappa shape index (κ1) is 19.4. The van der Waals surface area contributed by atoms with Crippen LogP contribution in [-0.4, -0.2) is 39.8 Å². The minimum absolute atomic E-state index is 0.0856. The van der Waals surface area contributed by atoms with Crippen molar-refractivity contribution >= 4 is 17.0 Å². The molecule has 0 aromatic carbocycles. The summed E-state index contributed by atoms with van der Waals surface area (Å²) in [6.07, 6.45) is 1.80. The third-order valence-corrected chi connectivity index (χ3v) is 5.41. The number of aryl methyl sites for hydroxylation is 1. The Morgan fingerprint density at radius 1 is 1.24 bits per heavy atom. The van der Waals surface area contributed by atoms with E-state index in [9.17, 15) is 4.79 Å². The largest absolute Gasteiger partial charge is 0.414 e. The van der Waals surface area contributed by atoms with Crippen LogP contribution in [-0.2, 0) is 17.8 Å². The summed E-state index contributed by atoms with van der Waals surface area (Å²) < 4.78 is 12.6. The minimum Gasteiger partial charge on any atom is -0.414 e. The fourth-order valence-corrected chi connectivity index (χ4v) is 3.77. The SMILES string of the molecule is COCC[NH+](Cc1cc(=O)n2cc(C)ccc2n1)Cc1nnc(-c2cccs2)o1. The van der Waals surface area contributed by atoms with Gasteiger partial charge in [-0.1, -0.05) is 12.1 Å². The summed E-state index contributed by atoms with van der Waals surface area (Å²) in [5, 5.41) is 10.3. The minimum atomic E-state index is -0.0856. The van der Waals surface area contributed by atoms with Crippen LogP contribution < -0.4 is 10.5 Å². The third kappa shape index (κ3) is 4.58. The van der Waals surface area contributed by atoms with Crippen LogP contribution in [0.1, 0.15) is 17.1 Å². The van der Waals surface area contributed by atoms with Gasteiger partial charge < -0.3 is 14.1 Å². The Labute approximate surface area is 171 Å². The van der Waals surface area contributed by atoms with E-state index in [1.54, 1.807) is 35.1 Å². The second-order valence-corrected chi connectivity index (χ2v) is 7.79. The van der Waals surface area contributed by atoms with Crippen molar-refractivity contribution in [2.45, 2.75) is 20.0 Å². The van der Waals surface area contributed by atoms with Gasteiger partial charge in [0.25, 0.3) is 17.3 Å². The van der Waals surface area contributed by atoms with Gasteiger partial charge in [-0.3, -0.25) is 9.20 Å². The zero-order valence-corrected chi connectivity index (χ0v) is 17.1. The lowest BCUT2D eigenvalue weighted by molar-refractivity contribution is -0.929. The first-order valence-corrected chi connectivity index (χ1v) is 10.2. The Bertz CT molecular complexity index is 1150. The summed E-state index contributed by atoms with van der Waals surface area (Å²) in [7, 11) is 1.67. The highest BCUT2D eigenvalue weighted by molar-refractivity contribution is 7.13. The zero-order chi connectivity index (χ0) is 20.2. The van der Waals surface area contributed by atoms with E-state index < -0.39 is 0 Å². The molecular formula is C20H22N5O3S+. The van der Waals surface area contributed by atoms with E-state index in [1.165, 1.54) is 0 Å². The van der Waals surface area contributed by atoms with Crippen molar-refractivity contribution in [1.82, 2.24) is 19.6 Å². The van der Waals surface area contributed by atoms with Gasteiger partial charge in [0.15, 0.2) is 6.54 Å². The number of ether oxygens (including phenoxy) is 1. The molecule has 9 heteroatoms. The van der Waals surface area contributed by atoms with Gasteiger partial charge in [-0.2, -0.15) is 0 Å². The van der Waals surface area contributed by atoms with Gasteiger partial charge >= 0.3 is 0 Å². The summed E-state index contributed by atoms with van der Waals surface area (Å²) in [4.78, 5) is 19.2. The monoisotopic (exact) mass is 412 g/mol.